The fraction of sp³-hybridized carbons (Fsp3) is 0.706. The van der Waals surface area contributed by atoms with E-state index in [0.717, 1.165) is 25.7 Å². The van der Waals surface area contributed by atoms with Gasteiger partial charge in [-0.25, -0.2) is 4.79 Å². The Morgan fingerprint density at radius 1 is 1.07 bits per heavy atom. The number of ether oxygens (including phenoxy) is 3. The Morgan fingerprint density at radius 3 is 2.38 bits per heavy atom. The van der Waals surface area contributed by atoms with Crippen LogP contribution in [-0.4, -0.2) is 47.3 Å². The van der Waals surface area contributed by atoms with Crippen molar-refractivity contribution in [1.29, 1.82) is 0 Å². The zero-order chi connectivity index (χ0) is 31.3. The second-order valence-corrected chi connectivity index (χ2v) is 14.1. The van der Waals surface area contributed by atoms with Gasteiger partial charge in [0.2, 0.25) is 0 Å². The summed E-state index contributed by atoms with van der Waals surface area (Å²) in [5.74, 6) is -1.71. The monoisotopic (exact) mass is 584 g/mol. The predicted molar refractivity (Wildman–Crippen MR) is 157 cm³/mol. The number of carboxylic acid groups (broad SMARTS) is 1. The molecular weight excluding hydrogens is 536 g/mol. The van der Waals surface area contributed by atoms with E-state index in [4.69, 9.17) is 14.2 Å². The number of rotatable bonds is 8. The molecule has 1 saturated heterocycles. The number of aliphatic carboxylic acids is 1. The lowest BCUT2D eigenvalue weighted by atomic mass is 9.47. The molecule has 7 atom stereocenters. The van der Waals surface area contributed by atoms with Crippen molar-refractivity contribution in [3.63, 3.8) is 0 Å². The molecule has 0 aromatic heterocycles. The van der Waals surface area contributed by atoms with E-state index in [1.807, 2.05) is 13.8 Å². The quantitative estimate of drug-likeness (QED) is 0.200. The summed E-state index contributed by atoms with van der Waals surface area (Å²) in [4.78, 5) is 48.3. The molecule has 0 amide bonds. The van der Waals surface area contributed by atoms with Crippen LogP contribution in [-0.2, 0) is 33.4 Å². The highest BCUT2D eigenvalue weighted by Gasteiger charge is 2.64. The minimum absolute atomic E-state index is 0.00306. The third-order valence-corrected chi connectivity index (χ3v) is 11.5. The predicted octanol–water partition coefficient (Wildman–Crippen LogP) is 6.34. The Bertz CT molecular complexity index is 1240. The van der Waals surface area contributed by atoms with E-state index in [1.165, 1.54) is 25.0 Å². The molecule has 1 saturated carbocycles. The maximum Gasteiger partial charge on any atom is 0.330 e. The Hall–Kier alpha value is -2.90. The Morgan fingerprint density at radius 2 is 1.76 bits per heavy atom. The molecule has 3 aliphatic carbocycles. The van der Waals surface area contributed by atoms with Gasteiger partial charge in [-0.05, 0) is 86.7 Å². The number of carbonyl (C=O) groups excluding carboxylic acids is 3. The topological polar surface area (TPSA) is 116 Å². The van der Waals surface area contributed by atoms with Crippen LogP contribution in [0.4, 0.5) is 0 Å². The molecule has 0 aromatic carbocycles. The number of esters is 3. The van der Waals surface area contributed by atoms with E-state index in [-0.39, 0.29) is 65.1 Å². The van der Waals surface area contributed by atoms with Gasteiger partial charge >= 0.3 is 23.9 Å². The number of fused-ring (bicyclic) bond motifs is 5. The molecule has 1 N–H and O–H groups in total. The molecule has 0 unspecified atom stereocenters. The van der Waals surface area contributed by atoms with E-state index in [0.29, 0.717) is 12.8 Å². The Kier molecular flexibility index (Phi) is 8.62. The zero-order valence-electron chi connectivity index (χ0n) is 26.5. The SMILES string of the molecule is CC(=O)OC[C@]12CCC(=O)OC(C)(C)[C@@H]1CC=C1C2=CC[C@]2(C)[C@@H]([C@H](C)[C@H](C/C=C(/C)C(=O)O)OC(C)=O)CC[C@@]12C. The summed E-state index contributed by atoms with van der Waals surface area (Å²) in [5.41, 5.74) is 1.14. The fourth-order valence-corrected chi connectivity index (χ4v) is 9.00. The molecule has 4 rings (SSSR count). The van der Waals surface area contributed by atoms with Gasteiger partial charge in [0.1, 0.15) is 18.3 Å². The van der Waals surface area contributed by atoms with Gasteiger partial charge in [-0.3, -0.25) is 14.4 Å². The van der Waals surface area contributed by atoms with Crippen molar-refractivity contribution >= 4 is 23.9 Å². The zero-order valence-corrected chi connectivity index (χ0v) is 26.5. The molecule has 232 valence electrons. The largest absolute Gasteiger partial charge is 0.478 e. The summed E-state index contributed by atoms with van der Waals surface area (Å²) in [5, 5.41) is 9.36. The second kappa shape index (κ2) is 11.3. The smallest absolute Gasteiger partial charge is 0.330 e. The van der Waals surface area contributed by atoms with Crippen LogP contribution in [0.3, 0.4) is 0 Å². The average Bonchev–Trinajstić information content (AvgIpc) is 3.12. The number of hydrogen-bond donors (Lipinski definition) is 1. The summed E-state index contributed by atoms with van der Waals surface area (Å²) < 4.78 is 17.5. The summed E-state index contributed by atoms with van der Waals surface area (Å²) in [6, 6.07) is 0. The first-order valence-corrected chi connectivity index (χ1v) is 15.3. The summed E-state index contributed by atoms with van der Waals surface area (Å²) in [6.07, 6.45) is 10.5. The molecule has 8 heteroatoms. The van der Waals surface area contributed by atoms with Crippen LogP contribution in [0, 0.1) is 34.0 Å². The molecule has 0 radical (unpaired) electrons. The highest BCUT2D eigenvalue weighted by Crippen LogP contribution is 2.71. The van der Waals surface area contributed by atoms with E-state index in [2.05, 4.69) is 32.9 Å². The number of carboxylic acids is 1. The molecule has 8 nitrogen and oxygen atoms in total. The van der Waals surface area contributed by atoms with Crippen LogP contribution in [0.25, 0.3) is 0 Å². The molecule has 2 fully saturated rings. The first kappa shape index (κ1) is 32.0. The fourth-order valence-electron chi connectivity index (χ4n) is 9.00. The maximum atomic E-state index is 12.7. The molecule has 0 aromatic rings. The maximum absolute atomic E-state index is 12.7. The minimum atomic E-state index is -0.978. The Labute approximate surface area is 249 Å². The van der Waals surface area contributed by atoms with Crippen LogP contribution in [0.15, 0.2) is 34.9 Å². The molecular formula is C34H48O8. The highest BCUT2D eigenvalue weighted by molar-refractivity contribution is 5.85. The molecule has 4 aliphatic rings. The van der Waals surface area contributed by atoms with Gasteiger partial charge in [-0.2, -0.15) is 0 Å². The van der Waals surface area contributed by atoms with Crippen molar-refractivity contribution in [2.45, 2.75) is 112 Å². The van der Waals surface area contributed by atoms with E-state index in [1.54, 1.807) is 13.0 Å². The highest BCUT2D eigenvalue weighted by atomic mass is 16.6. The lowest BCUT2D eigenvalue weighted by molar-refractivity contribution is -0.164. The third-order valence-electron chi connectivity index (χ3n) is 11.5. The van der Waals surface area contributed by atoms with Gasteiger partial charge < -0.3 is 19.3 Å². The average molecular weight is 585 g/mol. The van der Waals surface area contributed by atoms with Crippen molar-refractivity contribution in [1.82, 2.24) is 0 Å². The molecule has 42 heavy (non-hydrogen) atoms. The summed E-state index contributed by atoms with van der Waals surface area (Å²) in [7, 11) is 0. The molecule has 0 spiro atoms. The van der Waals surface area contributed by atoms with Gasteiger partial charge in [-0.15, -0.1) is 0 Å². The Balaban J connectivity index is 1.75. The number of cyclic esters (lactones) is 1. The van der Waals surface area contributed by atoms with Crippen molar-refractivity contribution in [3.8, 4) is 0 Å². The minimum Gasteiger partial charge on any atom is -0.478 e. The van der Waals surface area contributed by atoms with Crippen LogP contribution < -0.4 is 0 Å². The molecule has 1 heterocycles. The normalized spacial score (nSPS) is 35.1. The van der Waals surface area contributed by atoms with Crippen molar-refractivity contribution in [2.75, 3.05) is 6.61 Å². The standard InChI is InChI=1S/C34H48O8/c1-20(30(38)39)9-11-27(41-23(4)36)21(2)24-13-16-33(8)25-10-12-28-31(5,6)42-29(37)15-18-34(28,19-40-22(3)35)26(25)14-17-32(24,33)7/h9-10,14,21,24,27-28H,11-13,15-19H2,1-8H3,(H,38,39)/b20-9-/t21-,24+,27-,28-,32+,33-,34-/m0/s1. The lowest BCUT2D eigenvalue weighted by Crippen LogP contribution is -2.53. The van der Waals surface area contributed by atoms with Gasteiger partial charge in [0.25, 0.3) is 0 Å². The summed E-state index contributed by atoms with van der Waals surface area (Å²) in [6.45, 7) is 15.4. The van der Waals surface area contributed by atoms with Gasteiger partial charge in [0.15, 0.2) is 0 Å². The number of carbonyl (C=O) groups is 4. The second-order valence-electron chi connectivity index (χ2n) is 14.1. The van der Waals surface area contributed by atoms with Crippen LogP contribution >= 0.6 is 0 Å². The van der Waals surface area contributed by atoms with Crippen LogP contribution in [0.2, 0.25) is 0 Å². The van der Waals surface area contributed by atoms with Gasteiger partial charge in [-0.1, -0.05) is 39.0 Å². The van der Waals surface area contributed by atoms with Gasteiger partial charge in [0, 0.05) is 43.6 Å². The lowest BCUT2D eigenvalue weighted by Gasteiger charge is -2.58. The number of hydrogen-bond acceptors (Lipinski definition) is 7. The first-order chi connectivity index (χ1) is 19.5. The number of allylic oxidation sites excluding steroid dienone is 3. The van der Waals surface area contributed by atoms with Crippen LogP contribution in [0.1, 0.15) is 100 Å². The van der Waals surface area contributed by atoms with E-state index >= 15 is 0 Å². The van der Waals surface area contributed by atoms with Crippen LogP contribution in [0.5, 0.6) is 0 Å². The van der Waals surface area contributed by atoms with Crippen molar-refractivity contribution < 1.29 is 38.5 Å². The summed E-state index contributed by atoms with van der Waals surface area (Å²) >= 11 is 0. The van der Waals surface area contributed by atoms with Crippen molar-refractivity contribution in [2.24, 2.45) is 34.0 Å². The third kappa shape index (κ3) is 5.35. The first-order valence-electron chi connectivity index (χ1n) is 15.3. The van der Waals surface area contributed by atoms with E-state index in [9.17, 15) is 24.3 Å². The van der Waals surface area contributed by atoms with Gasteiger partial charge in [0.05, 0.1) is 0 Å². The molecule has 1 aliphatic heterocycles. The van der Waals surface area contributed by atoms with Crippen molar-refractivity contribution in [3.05, 3.63) is 34.9 Å². The van der Waals surface area contributed by atoms with E-state index < -0.39 is 23.1 Å². The molecule has 0 bridgehead atoms.